The lowest BCUT2D eigenvalue weighted by molar-refractivity contribution is -0.146. The van der Waals surface area contributed by atoms with Crippen LogP contribution in [0.1, 0.15) is 97.3 Å². The molecule has 27 heavy (non-hydrogen) atoms. The van der Waals surface area contributed by atoms with E-state index in [-0.39, 0.29) is 0 Å². The number of esters is 1. The van der Waals surface area contributed by atoms with E-state index in [0.717, 1.165) is 38.5 Å². The molecule has 1 N–H and O–H groups in total. The van der Waals surface area contributed by atoms with Crippen LogP contribution in [0.4, 0.5) is 4.79 Å². The average molecular weight is 384 g/mol. The van der Waals surface area contributed by atoms with Gasteiger partial charge in [-0.1, -0.05) is 84.1 Å². The van der Waals surface area contributed by atoms with Crippen LogP contribution in [0.25, 0.3) is 0 Å². The molecule has 5 heteroatoms. The van der Waals surface area contributed by atoms with Crippen molar-refractivity contribution >= 4 is 12.1 Å². The van der Waals surface area contributed by atoms with Crippen LogP contribution >= 0.6 is 0 Å². The molecule has 0 aliphatic carbocycles. The lowest BCUT2D eigenvalue weighted by Gasteiger charge is -2.16. The highest BCUT2D eigenvalue weighted by Crippen LogP contribution is 2.09. The molecule has 0 rings (SSSR count). The van der Waals surface area contributed by atoms with Gasteiger partial charge in [0, 0.05) is 0 Å². The molecule has 0 saturated heterocycles. The molecule has 1 unspecified atom stereocenters. The Morgan fingerprint density at radius 1 is 0.815 bits per heavy atom. The first-order valence-corrected chi connectivity index (χ1v) is 10.9. The Morgan fingerprint density at radius 3 is 1.85 bits per heavy atom. The van der Waals surface area contributed by atoms with Gasteiger partial charge >= 0.3 is 12.1 Å². The summed E-state index contributed by atoms with van der Waals surface area (Å²) in [5.74, 6) is -0.416. The third kappa shape index (κ3) is 16.4. The van der Waals surface area contributed by atoms with Gasteiger partial charge in [-0.3, -0.25) is 0 Å². The smallest absolute Gasteiger partial charge is 0.407 e. The highest BCUT2D eigenvalue weighted by molar-refractivity contribution is 5.81. The number of carbonyl (C=O) groups excluding carboxylic acids is 2. The summed E-state index contributed by atoms with van der Waals surface area (Å²) in [5, 5.41) is 2.58. The number of carbonyl (C=O) groups is 2. The van der Waals surface area contributed by atoms with E-state index in [4.69, 9.17) is 9.47 Å². The van der Waals surface area contributed by atoms with Gasteiger partial charge in [-0.05, 0) is 19.3 Å². The summed E-state index contributed by atoms with van der Waals surface area (Å²) < 4.78 is 10.4. The van der Waals surface area contributed by atoms with E-state index in [2.05, 4.69) is 25.7 Å². The second-order valence-corrected chi connectivity index (χ2v) is 7.06. The predicted molar refractivity (Wildman–Crippen MR) is 111 cm³/mol. The Kier molecular flexibility index (Phi) is 18.2. The van der Waals surface area contributed by atoms with Gasteiger partial charge in [0.25, 0.3) is 0 Å². The summed E-state index contributed by atoms with van der Waals surface area (Å²) in [4.78, 5) is 24.0. The Hall–Kier alpha value is -1.52. The molecule has 0 spiro atoms. The molecule has 0 aromatic carbocycles. The van der Waals surface area contributed by atoms with Crippen LogP contribution in [0, 0.1) is 0 Å². The van der Waals surface area contributed by atoms with Crippen molar-refractivity contribution in [3.63, 3.8) is 0 Å². The van der Waals surface area contributed by atoms with E-state index in [1.165, 1.54) is 38.5 Å². The molecule has 0 aliphatic rings. The second-order valence-electron chi connectivity index (χ2n) is 7.06. The molecule has 0 bridgehead atoms. The molecule has 0 fully saturated rings. The summed E-state index contributed by atoms with van der Waals surface area (Å²) in [7, 11) is 0. The molecule has 0 radical (unpaired) electrons. The van der Waals surface area contributed by atoms with Crippen molar-refractivity contribution in [2.45, 2.75) is 103 Å². The van der Waals surface area contributed by atoms with Crippen molar-refractivity contribution in [3.8, 4) is 0 Å². The first-order chi connectivity index (χ1) is 13.2. The van der Waals surface area contributed by atoms with Crippen molar-refractivity contribution in [2.75, 3.05) is 13.2 Å². The van der Waals surface area contributed by atoms with Gasteiger partial charge in [0.2, 0.25) is 0 Å². The molecule has 0 saturated carbocycles. The van der Waals surface area contributed by atoms with Gasteiger partial charge in [-0.15, -0.1) is 6.58 Å². The van der Waals surface area contributed by atoms with Crippen LogP contribution in [0.3, 0.4) is 0 Å². The monoisotopic (exact) mass is 383 g/mol. The third-order valence-corrected chi connectivity index (χ3v) is 4.45. The number of hydrogen-bond acceptors (Lipinski definition) is 4. The van der Waals surface area contributed by atoms with E-state index in [0.29, 0.717) is 19.6 Å². The SMILES string of the molecule is C=CCC(NC(=O)OCCCCCC)C(=O)OCCCCCCCCCC. The molecule has 0 aromatic rings. The number of rotatable bonds is 18. The Balaban J connectivity index is 3.86. The van der Waals surface area contributed by atoms with E-state index < -0.39 is 18.1 Å². The Labute approximate surface area is 166 Å². The van der Waals surface area contributed by atoms with Crippen LogP contribution in [0.5, 0.6) is 0 Å². The fourth-order valence-electron chi connectivity index (χ4n) is 2.77. The number of amides is 1. The minimum absolute atomic E-state index is 0.335. The van der Waals surface area contributed by atoms with Gasteiger partial charge in [-0.2, -0.15) is 0 Å². The summed E-state index contributed by atoms with van der Waals surface area (Å²) in [5.41, 5.74) is 0. The van der Waals surface area contributed by atoms with Gasteiger partial charge in [-0.25, -0.2) is 9.59 Å². The van der Waals surface area contributed by atoms with E-state index >= 15 is 0 Å². The molecule has 1 atom stereocenters. The van der Waals surface area contributed by atoms with Gasteiger partial charge < -0.3 is 14.8 Å². The standard InChI is InChI=1S/C22H41NO4/c1-4-7-9-11-12-13-14-16-18-26-21(24)20(17-6-3)23-22(25)27-19-15-10-8-5-2/h6,20H,3-5,7-19H2,1-2H3,(H,23,25). The van der Waals surface area contributed by atoms with Crippen LogP contribution in [0.2, 0.25) is 0 Å². The van der Waals surface area contributed by atoms with Crippen molar-refractivity contribution in [1.82, 2.24) is 5.32 Å². The molecule has 0 aliphatic heterocycles. The van der Waals surface area contributed by atoms with Gasteiger partial charge in [0.15, 0.2) is 0 Å². The van der Waals surface area contributed by atoms with Crippen molar-refractivity contribution in [2.24, 2.45) is 0 Å². The zero-order valence-electron chi connectivity index (χ0n) is 17.6. The maximum absolute atomic E-state index is 12.2. The minimum atomic E-state index is -0.723. The summed E-state index contributed by atoms with van der Waals surface area (Å²) in [6.07, 6.45) is 15.1. The van der Waals surface area contributed by atoms with Crippen LogP contribution in [0.15, 0.2) is 12.7 Å². The molecular weight excluding hydrogens is 342 g/mol. The number of unbranched alkanes of at least 4 members (excludes halogenated alkanes) is 10. The Morgan fingerprint density at radius 2 is 1.30 bits per heavy atom. The number of alkyl carbamates (subject to hydrolysis) is 1. The minimum Gasteiger partial charge on any atom is -0.464 e. The third-order valence-electron chi connectivity index (χ3n) is 4.45. The number of nitrogens with one attached hydrogen (secondary N) is 1. The quantitative estimate of drug-likeness (QED) is 0.181. The molecule has 5 nitrogen and oxygen atoms in total. The maximum atomic E-state index is 12.2. The highest BCUT2D eigenvalue weighted by Gasteiger charge is 2.21. The summed E-state index contributed by atoms with van der Waals surface area (Å²) >= 11 is 0. The van der Waals surface area contributed by atoms with Crippen molar-refractivity contribution in [1.29, 1.82) is 0 Å². The zero-order valence-corrected chi connectivity index (χ0v) is 17.6. The maximum Gasteiger partial charge on any atom is 0.407 e. The predicted octanol–water partition coefficient (Wildman–Crippen LogP) is 5.92. The van der Waals surface area contributed by atoms with Crippen molar-refractivity contribution < 1.29 is 19.1 Å². The Bertz CT molecular complexity index is 385. The van der Waals surface area contributed by atoms with Crippen LogP contribution in [-0.4, -0.2) is 31.3 Å². The molecule has 0 heterocycles. The lowest BCUT2D eigenvalue weighted by atomic mass is 10.1. The van der Waals surface area contributed by atoms with Gasteiger partial charge in [0.05, 0.1) is 13.2 Å². The van der Waals surface area contributed by atoms with Crippen molar-refractivity contribution in [3.05, 3.63) is 12.7 Å². The summed E-state index contributed by atoms with van der Waals surface area (Å²) in [6.45, 7) is 8.76. The highest BCUT2D eigenvalue weighted by atomic mass is 16.6. The number of hydrogen-bond donors (Lipinski definition) is 1. The normalized spacial score (nSPS) is 11.6. The topological polar surface area (TPSA) is 64.6 Å². The molecular formula is C22H41NO4. The fraction of sp³-hybridized carbons (Fsp3) is 0.818. The van der Waals surface area contributed by atoms with E-state index in [1.807, 2.05) is 0 Å². The average Bonchev–Trinajstić information content (AvgIpc) is 2.66. The van der Waals surface area contributed by atoms with Crippen LogP contribution < -0.4 is 5.32 Å². The van der Waals surface area contributed by atoms with E-state index in [1.54, 1.807) is 6.08 Å². The first-order valence-electron chi connectivity index (χ1n) is 10.9. The van der Waals surface area contributed by atoms with Crippen LogP contribution in [-0.2, 0) is 14.3 Å². The number of ether oxygens (including phenoxy) is 2. The zero-order chi connectivity index (χ0) is 20.2. The molecule has 0 aromatic heterocycles. The van der Waals surface area contributed by atoms with Gasteiger partial charge in [0.1, 0.15) is 6.04 Å². The fourth-order valence-corrected chi connectivity index (χ4v) is 2.77. The molecule has 1 amide bonds. The van der Waals surface area contributed by atoms with E-state index in [9.17, 15) is 9.59 Å². The largest absolute Gasteiger partial charge is 0.464 e. The second kappa shape index (κ2) is 19.2. The lowest BCUT2D eigenvalue weighted by Crippen LogP contribution is -2.42. The summed E-state index contributed by atoms with van der Waals surface area (Å²) in [6, 6.07) is -0.723. The first kappa shape index (κ1) is 25.5. The molecule has 158 valence electrons.